The van der Waals surface area contributed by atoms with Gasteiger partial charge in [0.05, 0.1) is 0 Å². The number of nitrogens with one attached hydrogen (secondary N) is 1. The highest BCUT2D eigenvalue weighted by atomic mass is 32.2. The van der Waals surface area contributed by atoms with E-state index < -0.39 is 22.8 Å². The highest BCUT2D eigenvalue weighted by molar-refractivity contribution is 7.87. The topological polar surface area (TPSA) is 95.9 Å². The predicted octanol–water partition coefficient (Wildman–Crippen LogP) is -0.431. The van der Waals surface area contributed by atoms with Crippen LogP contribution in [0.1, 0.15) is 19.8 Å². The fourth-order valence-electron chi connectivity index (χ4n) is 1.58. The van der Waals surface area contributed by atoms with Crippen LogP contribution in [-0.2, 0) is 19.8 Å². The summed E-state index contributed by atoms with van der Waals surface area (Å²) in [5.41, 5.74) is 0. The van der Waals surface area contributed by atoms with Crippen molar-refractivity contribution >= 4 is 16.2 Å². The highest BCUT2D eigenvalue weighted by Crippen LogP contribution is 2.17. The highest BCUT2D eigenvalue weighted by Gasteiger charge is 2.27. The van der Waals surface area contributed by atoms with E-state index >= 15 is 0 Å². The van der Waals surface area contributed by atoms with E-state index in [4.69, 9.17) is 5.11 Å². The summed E-state index contributed by atoms with van der Waals surface area (Å²) in [6.45, 7) is 2.16. The molecule has 94 valence electrons. The van der Waals surface area contributed by atoms with Crippen LogP contribution in [-0.4, -0.2) is 43.5 Å². The Hall–Kier alpha value is -0.700. The first-order valence-corrected chi connectivity index (χ1v) is 6.46. The van der Waals surface area contributed by atoms with Crippen molar-refractivity contribution in [2.75, 3.05) is 19.7 Å². The van der Waals surface area contributed by atoms with Gasteiger partial charge in [0.1, 0.15) is 0 Å². The van der Waals surface area contributed by atoms with Crippen LogP contribution in [0.2, 0.25) is 0 Å². The van der Waals surface area contributed by atoms with Gasteiger partial charge in [-0.1, -0.05) is 11.8 Å². The van der Waals surface area contributed by atoms with Crippen LogP contribution >= 0.6 is 0 Å². The Morgan fingerprint density at radius 3 is 2.88 bits per heavy atom. The van der Waals surface area contributed by atoms with Gasteiger partial charge in [0, 0.05) is 13.1 Å². The first kappa shape index (κ1) is 13.4. The van der Waals surface area contributed by atoms with Crippen molar-refractivity contribution in [1.82, 2.24) is 9.19 Å². The quantitative estimate of drug-likeness (QED) is 0.647. The predicted molar refractivity (Wildman–Crippen MR) is 55.6 cm³/mol. The van der Waals surface area contributed by atoms with Gasteiger partial charge in [-0.25, -0.2) is 4.79 Å². The summed E-state index contributed by atoms with van der Waals surface area (Å²) < 4.78 is 24.5. The average molecular weight is 252 g/mol. The summed E-state index contributed by atoms with van der Waals surface area (Å²) in [6.07, 6.45) is 1.81. The Kier molecular flexibility index (Phi) is 4.66. The minimum absolute atomic E-state index is 0.310. The van der Waals surface area contributed by atoms with Gasteiger partial charge in [0.2, 0.25) is 0 Å². The molecule has 0 spiro atoms. The van der Waals surface area contributed by atoms with Gasteiger partial charge in [0.15, 0.2) is 6.61 Å². The Labute approximate surface area is 94.5 Å². The lowest BCUT2D eigenvalue weighted by Gasteiger charge is -2.29. The first-order chi connectivity index (χ1) is 7.42. The van der Waals surface area contributed by atoms with Gasteiger partial charge in [0.25, 0.3) is 0 Å². The van der Waals surface area contributed by atoms with E-state index in [-0.39, 0.29) is 0 Å². The third-order valence-electron chi connectivity index (χ3n) is 2.32. The summed E-state index contributed by atoms with van der Waals surface area (Å²) in [5, 5.41) is 8.29. The average Bonchev–Trinajstić information content (AvgIpc) is 2.16. The monoisotopic (exact) mass is 252 g/mol. The van der Waals surface area contributed by atoms with E-state index in [1.54, 1.807) is 4.89 Å². The Balaban J connectivity index is 2.46. The molecule has 2 N–H and O–H groups in total. The second kappa shape index (κ2) is 5.58. The van der Waals surface area contributed by atoms with Crippen molar-refractivity contribution in [3.05, 3.63) is 0 Å². The normalized spacial score (nSPS) is 23.2. The lowest BCUT2D eigenvalue weighted by molar-refractivity contribution is -0.143. The summed E-state index contributed by atoms with van der Waals surface area (Å²) in [4.78, 5) is 16.3. The van der Waals surface area contributed by atoms with E-state index in [9.17, 15) is 13.2 Å². The molecule has 1 unspecified atom stereocenters. The molecule has 0 radical (unpaired) electrons. The number of carbonyl (C=O) groups is 1. The molecule has 1 atom stereocenters. The molecule has 1 saturated heterocycles. The zero-order valence-corrected chi connectivity index (χ0v) is 9.87. The number of hydrogen-bond acceptors (Lipinski definition) is 4. The molecule has 16 heavy (non-hydrogen) atoms. The van der Waals surface area contributed by atoms with Crippen LogP contribution in [0.3, 0.4) is 0 Å². The molecule has 0 aromatic heterocycles. The molecule has 1 heterocycles. The van der Waals surface area contributed by atoms with Crippen molar-refractivity contribution in [2.24, 2.45) is 5.92 Å². The van der Waals surface area contributed by atoms with Crippen LogP contribution in [0.15, 0.2) is 0 Å². The summed E-state index contributed by atoms with van der Waals surface area (Å²) in [7, 11) is -3.71. The van der Waals surface area contributed by atoms with Crippen molar-refractivity contribution in [2.45, 2.75) is 19.8 Å². The molecule has 0 saturated carbocycles. The number of rotatable bonds is 5. The number of hydrogen-bond donors (Lipinski definition) is 2. The number of carboxylic acid groups (broad SMARTS) is 1. The van der Waals surface area contributed by atoms with Crippen molar-refractivity contribution in [3.8, 4) is 0 Å². The smallest absolute Gasteiger partial charge is 0.331 e. The summed E-state index contributed by atoms with van der Waals surface area (Å²) in [5.74, 6) is -0.917. The van der Waals surface area contributed by atoms with Crippen molar-refractivity contribution in [3.63, 3.8) is 0 Å². The minimum atomic E-state index is -3.71. The second-order valence-electron chi connectivity index (χ2n) is 3.88. The Bertz CT molecular complexity index is 342. The van der Waals surface area contributed by atoms with Crippen LogP contribution in [0, 0.1) is 5.92 Å². The van der Waals surface area contributed by atoms with Crippen LogP contribution in [0.4, 0.5) is 0 Å². The van der Waals surface area contributed by atoms with Crippen molar-refractivity contribution < 1.29 is 23.2 Å². The van der Waals surface area contributed by atoms with Gasteiger partial charge < -0.3 is 5.11 Å². The van der Waals surface area contributed by atoms with Crippen LogP contribution in [0.25, 0.3) is 0 Å². The molecule has 0 aromatic rings. The fourth-order valence-corrected chi connectivity index (χ4v) is 2.72. The maximum Gasteiger partial charge on any atom is 0.331 e. The van der Waals surface area contributed by atoms with Gasteiger partial charge >= 0.3 is 16.2 Å². The molecule has 0 bridgehead atoms. The SMILES string of the molecule is CC1CCCN(S(=O)(=O)NOCC(=O)O)C1. The van der Waals surface area contributed by atoms with Crippen molar-refractivity contribution in [1.29, 1.82) is 0 Å². The summed E-state index contributed by atoms with van der Waals surface area (Å²) in [6, 6.07) is 0. The number of piperidine rings is 1. The number of nitrogens with zero attached hydrogens (tertiary/aromatic N) is 1. The first-order valence-electron chi connectivity index (χ1n) is 5.02. The van der Waals surface area contributed by atoms with E-state index in [1.807, 2.05) is 6.92 Å². The molecule has 0 amide bonds. The Morgan fingerprint density at radius 2 is 2.31 bits per heavy atom. The van der Waals surface area contributed by atoms with E-state index in [1.165, 1.54) is 4.31 Å². The Morgan fingerprint density at radius 1 is 1.62 bits per heavy atom. The molecule has 1 aliphatic heterocycles. The van der Waals surface area contributed by atoms with E-state index in [0.29, 0.717) is 19.0 Å². The minimum Gasteiger partial charge on any atom is -0.479 e. The second-order valence-corrected chi connectivity index (χ2v) is 5.51. The molecule has 1 aliphatic rings. The van der Waals surface area contributed by atoms with Gasteiger partial charge in [-0.2, -0.15) is 12.7 Å². The van der Waals surface area contributed by atoms with Crippen LogP contribution < -0.4 is 4.89 Å². The van der Waals surface area contributed by atoms with Gasteiger partial charge in [-0.15, -0.1) is 0 Å². The molecule has 1 fully saturated rings. The lowest BCUT2D eigenvalue weighted by Crippen LogP contribution is -2.45. The zero-order valence-electron chi connectivity index (χ0n) is 9.05. The third kappa shape index (κ3) is 4.05. The van der Waals surface area contributed by atoms with Crippen LogP contribution in [0.5, 0.6) is 0 Å². The molecule has 8 heteroatoms. The third-order valence-corrected chi connectivity index (χ3v) is 3.66. The standard InChI is InChI=1S/C8H16N2O5S/c1-7-3-2-4-10(5-7)16(13,14)9-15-6-8(11)12/h7,9H,2-6H2,1H3,(H,11,12). The number of aliphatic carboxylic acids is 1. The number of carboxylic acids is 1. The fraction of sp³-hybridized carbons (Fsp3) is 0.875. The zero-order chi connectivity index (χ0) is 12.2. The largest absolute Gasteiger partial charge is 0.479 e. The molecule has 7 nitrogen and oxygen atoms in total. The van der Waals surface area contributed by atoms with E-state index in [2.05, 4.69) is 4.84 Å². The molecule has 0 aromatic carbocycles. The maximum atomic E-state index is 11.6. The molecular formula is C8H16N2O5S. The molecule has 1 rings (SSSR count). The van der Waals surface area contributed by atoms with E-state index in [0.717, 1.165) is 12.8 Å². The van der Waals surface area contributed by atoms with Gasteiger partial charge in [-0.05, 0) is 18.8 Å². The lowest BCUT2D eigenvalue weighted by atomic mass is 10.0. The molecule has 0 aliphatic carbocycles. The molecular weight excluding hydrogens is 236 g/mol. The van der Waals surface area contributed by atoms with Gasteiger partial charge in [-0.3, -0.25) is 4.84 Å². The summed E-state index contributed by atoms with van der Waals surface area (Å²) >= 11 is 0. The maximum absolute atomic E-state index is 11.6.